The molecule has 2 atom stereocenters. The van der Waals surface area contributed by atoms with Gasteiger partial charge in [-0.05, 0) is 53.6 Å². The monoisotopic (exact) mass is 388 g/mol. The molecule has 5 rings (SSSR count). The van der Waals surface area contributed by atoms with E-state index in [2.05, 4.69) is 23.5 Å². The standard InChI is InChI=1S/C24H24N2O3/c27-22(11-12-26-23(28)19-7-3-4-8-20(19)24(26)29)25-17-10-9-16-13-15-5-1-2-6-18(15)21(16)14-17/h1-2,5-6,9-10,14,19-20H,3-4,7-8,11-13H2,(H,25,27)/t19-,20-/m0/s1. The Labute approximate surface area is 170 Å². The van der Waals surface area contributed by atoms with Crippen molar-refractivity contribution in [2.75, 3.05) is 11.9 Å². The molecule has 0 bridgehead atoms. The minimum atomic E-state index is -0.174. The van der Waals surface area contributed by atoms with Crippen LogP contribution in [0.4, 0.5) is 5.69 Å². The number of hydrogen-bond donors (Lipinski definition) is 1. The summed E-state index contributed by atoms with van der Waals surface area (Å²) in [4.78, 5) is 38.9. The van der Waals surface area contributed by atoms with Crippen LogP contribution in [0.15, 0.2) is 42.5 Å². The number of imide groups is 1. The summed E-state index contributed by atoms with van der Waals surface area (Å²) in [6.07, 6.45) is 4.67. The largest absolute Gasteiger partial charge is 0.326 e. The maximum atomic E-state index is 12.5. The Morgan fingerprint density at radius 2 is 1.62 bits per heavy atom. The molecule has 29 heavy (non-hydrogen) atoms. The van der Waals surface area contributed by atoms with E-state index in [1.807, 2.05) is 24.3 Å². The lowest BCUT2D eigenvalue weighted by atomic mass is 9.81. The van der Waals surface area contributed by atoms with Gasteiger partial charge in [-0.3, -0.25) is 19.3 Å². The smallest absolute Gasteiger partial charge is 0.233 e. The molecule has 5 nitrogen and oxygen atoms in total. The van der Waals surface area contributed by atoms with Crippen molar-refractivity contribution in [1.82, 2.24) is 4.90 Å². The van der Waals surface area contributed by atoms with Crippen LogP contribution in [0.2, 0.25) is 0 Å². The maximum Gasteiger partial charge on any atom is 0.233 e. The second-order valence-electron chi connectivity index (χ2n) is 8.33. The molecule has 0 spiro atoms. The number of nitrogens with one attached hydrogen (secondary N) is 1. The lowest BCUT2D eigenvalue weighted by molar-refractivity contribution is -0.140. The molecule has 5 heteroatoms. The fourth-order valence-corrected chi connectivity index (χ4v) is 5.09. The van der Waals surface area contributed by atoms with E-state index in [1.54, 1.807) is 0 Å². The van der Waals surface area contributed by atoms with Crippen molar-refractivity contribution in [3.63, 3.8) is 0 Å². The molecule has 1 N–H and O–H groups in total. The third-order valence-electron chi connectivity index (χ3n) is 6.58. The molecule has 2 fully saturated rings. The van der Waals surface area contributed by atoms with Crippen LogP contribution >= 0.6 is 0 Å². The van der Waals surface area contributed by atoms with Gasteiger partial charge in [-0.1, -0.05) is 43.2 Å². The quantitative estimate of drug-likeness (QED) is 0.692. The van der Waals surface area contributed by atoms with Gasteiger partial charge in [0.05, 0.1) is 11.8 Å². The van der Waals surface area contributed by atoms with Crippen molar-refractivity contribution >= 4 is 23.4 Å². The zero-order valence-electron chi connectivity index (χ0n) is 16.3. The normalized spacial score (nSPS) is 22.3. The molecule has 148 valence electrons. The minimum Gasteiger partial charge on any atom is -0.326 e. The van der Waals surface area contributed by atoms with Gasteiger partial charge >= 0.3 is 0 Å². The zero-order chi connectivity index (χ0) is 20.0. The SMILES string of the molecule is O=C(CCN1C(=O)[C@H]2CCCC[C@@H]2C1=O)Nc1ccc2c(c1)-c1ccccc1C2. The van der Waals surface area contributed by atoms with Crippen molar-refractivity contribution in [1.29, 1.82) is 0 Å². The van der Waals surface area contributed by atoms with Crippen molar-refractivity contribution < 1.29 is 14.4 Å². The number of rotatable bonds is 4. The van der Waals surface area contributed by atoms with Gasteiger partial charge in [0.2, 0.25) is 17.7 Å². The van der Waals surface area contributed by atoms with Crippen molar-refractivity contribution in [3.8, 4) is 11.1 Å². The number of hydrogen-bond acceptors (Lipinski definition) is 3. The summed E-state index contributed by atoms with van der Waals surface area (Å²) in [6, 6.07) is 14.3. The second-order valence-corrected chi connectivity index (χ2v) is 8.33. The molecule has 3 aliphatic rings. The first-order chi connectivity index (χ1) is 14.1. The Balaban J connectivity index is 1.23. The van der Waals surface area contributed by atoms with E-state index < -0.39 is 0 Å². The molecule has 1 saturated heterocycles. The first-order valence-corrected chi connectivity index (χ1v) is 10.5. The number of fused-ring (bicyclic) bond motifs is 4. The van der Waals surface area contributed by atoms with Crippen molar-refractivity contribution in [2.24, 2.45) is 11.8 Å². The predicted octanol–water partition coefficient (Wildman–Crippen LogP) is 3.76. The number of benzene rings is 2. The molecular weight excluding hydrogens is 364 g/mol. The highest BCUT2D eigenvalue weighted by atomic mass is 16.2. The molecule has 0 unspecified atom stereocenters. The van der Waals surface area contributed by atoms with Gasteiger partial charge in [0.1, 0.15) is 0 Å². The summed E-state index contributed by atoms with van der Waals surface area (Å²) in [5.74, 6) is -0.651. The van der Waals surface area contributed by atoms with Gasteiger partial charge in [-0.25, -0.2) is 0 Å². The van der Waals surface area contributed by atoms with Gasteiger partial charge in [0, 0.05) is 18.7 Å². The molecule has 1 aliphatic heterocycles. The van der Waals surface area contributed by atoms with Crippen LogP contribution in [-0.4, -0.2) is 29.2 Å². The third-order valence-corrected chi connectivity index (χ3v) is 6.58. The molecule has 2 aromatic carbocycles. The molecule has 2 aromatic rings. The van der Waals surface area contributed by atoms with Crippen molar-refractivity contribution in [2.45, 2.75) is 38.5 Å². The predicted molar refractivity (Wildman–Crippen MR) is 110 cm³/mol. The maximum absolute atomic E-state index is 12.5. The van der Waals surface area contributed by atoms with Crippen LogP contribution < -0.4 is 5.32 Å². The summed E-state index contributed by atoms with van der Waals surface area (Å²) < 4.78 is 0. The molecule has 0 radical (unpaired) electrons. The van der Waals surface area contributed by atoms with Gasteiger partial charge in [0.25, 0.3) is 0 Å². The summed E-state index contributed by atoms with van der Waals surface area (Å²) in [5, 5.41) is 2.93. The summed E-state index contributed by atoms with van der Waals surface area (Å²) in [7, 11) is 0. The molecular formula is C24H24N2O3. The first kappa shape index (κ1) is 18.1. The zero-order valence-corrected chi connectivity index (χ0v) is 16.3. The summed E-state index contributed by atoms with van der Waals surface area (Å²) in [6.45, 7) is 0.171. The number of likely N-dealkylation sites (tertiary alicyclic amines) is 1. The van der Waals surface area contributed by atoms with E-state index in [9.17, 15) is 14.4 Å². The topological polar surface area (TPSA) is 66.5 Å². The minimum absolute atomic E-state index is 0.0818. The van der Waals surface area contributed by atoms with Crippen LogP contribution in [0.3, 0.4) is 0 Å². The van der Waals surface area contributed by atoms with Crippen LogP contribution in [0.5, 0.6) is 0 Å². The molecule has 2 aliphatic carbocycles. The molecule has 0 aromatic heterocycles. The second kappa shape index (κ2) is 7.14. The average molecular weight is 388 g/mol. The van der Waals surface area contributed by atoms with E-state index in [0.29, 0.717) is 0 Å². The molecule has 3 amide bonds. The number of nitrogens with zero attached hydrogens (tertiary/aromatic N) is 1. The van der Waals surface area contributed by atoms with Gasteiger partial charge in [0.15, 0.2) is 0 Å². The first-order valence-electron chi connectivity index (χ1n) is 10.5. The third kappa shape index (κ3) is 3.15. The Morgan fingerprint density at radius 1 is 0.931 bits per heavy atom. The Hall–Kier alpha value is -2.95. The van der Waals surface area contributed by atoms with Gasteiger partial charge < -0.3 is 5.32 Å². The number of carbonyl (C=O) groups excluding carboxylic acids is 3. The number of anilines is 1. The summed E-state index contributed by atoms with van der Waals surface area (Å²) in [5.41, 5.74) is 5.69. The van der Waals surface area contributed by atoms with E-state index >= 15 is 0 Å². The highest BCUT2D eigenvalue weighted by molar-refractivity contribution is 6.05. The molecule has 1 heterocycles. The Kier molecular flexibility index (Phi) is 4.46. The number of carbonyl (C=O) groups is 3. The van der Waals surface area contributed by atoms with Crippen molar-refractivity contribution in [3.05, 3.63) is 53.6 Å². The fourth-order valence-electron chi connectivity index (χ4n) is 5.09. The Morgan fingerprint density at radius 3 is 2.38 bits per heavy atom. The Bertz CT molecular complexity index is 989. The highest BCUT2D eigenvalue weighted by Crippen LogP contribution is 2.39. The van der Waals surface area contributed by atoms with E-state index in [1.165, 1.54) is 21.6 Å². The molecule has 1 saturated carbocycles. The fraction of sp³-hybridized carbons (Fsp3) is 0.375. The number of amides is 3. The van der Waals surface area contributed by atoms with Crippen LogP contribution in [0, 0.1) is 11.8 Å². The van der Waals surface area contributed by atoms with Crippen LogP contribution in [0.25, 0.3) is 11.1 Å². The lowest BCUT2D eigenvalue weighted by Gasteiger charge is -2.19. The van der Waals surface area contributed by atoms with Gasteiger partial charge in [-0.15, -0.1) is 0 Å². The highest BCUT2D eigenvalue weighted by Gasteiger charge is 2.47. The van der Waals surface area contributed by atoms with E-state index in [0.717, 1.165) is 43.4 Å². The van der Waals surface area contributed by atoms with E-state index in [4.69, 9.17) is 0 Å². The van der Waals surface area contributed by atoms with E-state index in [-0.39, 0.29) is 42.5 Å². The summed E-state index contributed by atoms with van der Waals surface area (Å²) >= 11 is 0. The van der Waals surface area contributed by atoms with Crippen LogP contribution in [-0.2, 0) is 20.8 Å². The average Bonchev–Trinajstić information content (AvgIpc) is 3.22. The van der Waals surface area contributed by atoms with Gasteiger partial charge in [-0.2, -0.15) is 0 Å². The van der Waals surface area contributed by atoms with Crippen LogP contribution in [0.1, 0.15) is 43.2 Å². The lowest BCUT2D eigenvalue weighted by Crippen LogP contribution is -2.34.